The molecule has 2 aromatic rings. The Balaban J connectivity index is 1.83. The minimum atomic E-state index is 0.660. The normalized spacial score (nSPS) is 11.4. The van der Waals surface area contributed by atoms with Gasteiger partial charge in [0.1, 0.15) is 5.82 Å². The van der Waals surface area contributed by atoms with Crippen LogP contribution in [0.5, 0.6) is 0 Å². The minimum absolute atomic E-state index is 0.660. The maximum Gasteiger partial charge on any atom is 0.193 e. The van der Waals surface area contributed by atoms with Gasteiger partial charge in [0, 0.05) is 39.6 Å². The van der Waals surface area contributed by atoms with E-state index in [1.165, 1.54) is 18.4 Å². The Bertz CT molecular complexity index is 675. The summed E-state index contributed by atoms with van der Waals surface area (Å²) in [6.07, 6.45) is 10.5. The molecule has 0 radical (unpaired) electrons. The molecule has 2 rings (SSSR count). The molecule has 1 N–H and O–H groups in total. The molecule has 0 bridgehead atoms. The number of rotatable bonds is 10. The van der Waals surface area contributed by atoms with E-state index in [0.29, 0.717) is 6.54 Å². The van der Waals surface area contributed by atoms with Gasteiger partial charge in [-0.3, -0.25) is 4.99 Å². The summed E-state index contributed by atoms with van der Waals surface area (Å²) >= 11 is 0. The van der Waals surface area contributed by atoms with Gasteiger partial charge in [0.05, 0.1) is 6.54 Å². The molecular weight excluding hydrogens is 322 g/mol. The molecule has 5 nitrogen and oxygen atoms in total. The third-order valence-corrected chi connectivity index (χ3v) is 4.38. The number of allylic oxidation sites excluding steroid dienone is 1. The fourth-order valence-electron chi connectivity index (χ4n) is 2.89. The van der Waals surface area contributed by atoms with Crippen LogP contribution in [0, 0.1) is 0 Å². The summed E-state index contributed by atoms with van der Waals surface area (Å²) in [7, 11) is 3.91. The smallest absolute Gasteiger partial charge is 0.193 e. The zero-order valence-electron chi connectivity index (χ0n) is 16.1. The highest BCUT2D eigenvalue weighted by Crippen LogP contribution is 2.06. The zero-order valence-corrected chi connectivity index (χ0v) is 16.1. The summed E-state index contributed by atoms with van der Waals surface area (Å²) in [6, 6.07) is 10.4. The lowest BCUT2D eigenvalue weighted by Gasteiger charge is -2.22. The number of benzene rings is 1. The predicted octanol–water partition coefficient (Wildman–Crippen LogP) is 3.69. The first kappa shape index (κ1) is 19.8. The number of nitrogens with zero attached hydrogens (tertiary/aromatic N) is 4. The summed E-state index contributed by atoms with van der Waals surface area (Å²) < 4.78 is 2.17. The van der Waals surface area contributed by atoms with E-state index in [1.807, 2.05) is 31.6 Å². The minimum Gasteiger partial charge on any atom is -0.349 e. The number of hydrogen-bond acceptors (Lipinski definition) is 2. The Hall–Kier alpha value is -2.56. The average Bonchev–Trinajstić information content (AvgIpc) is 3.10. The van der Waals surface area contributed by atoms with Gasteiger partial charge in [0.25, 0.3) is 0 Å². The van der Waals surface area contributed by atoms with Gasteiger partial charge in [0.2, 0.25) is 0 Å². The molecule has 1 aromatic carbocycles. The predicted molar refractivity (Wildman–Crippen MR) is 109 cm³/mol. The molecule has 0 saturated carbocycles. The van der Waals surface area contributed by atoms with E-state index in [4.69, 9.17) is 0 Å². The van der Waals surface area contributed by atoms with Crippen molar-refractivity contribution in [2.24, 2.45) is 4.99 Å². The van der Waals surface area contributed by atoms with Gasteiger partial charge in [0.15, 0.2) is 5.96 Å². The summed E-state index contributed by atoms with van der Waals surface area (Å²) in [5.74, 6) is 1.91. The first-order chi connectivity index (χ1) is 12.7. The average molecular weight is 354 g/mol. The van der Waals surface area contributed by atoms with Gasteiger partial charge in [-0.05, 0) is 24.8 Å². The quantitative estimate of drug-likeness (QED) is 0.307. The zero-order chi connectivity index (χ0) is 18.6. The Morgan fingerprint density at radius 3 is 2.81 bits per heavy atom. The van der Waals surface area contributed by atoms with Crippen LogP contribution in [0.1, 0.15) is 37.1 Å². The molecule has 0 aliphatic heterocycles. The van der Waals surface area contributed by atoms with Crippen molar-refractivity contribution in [3.8, 4) is 0 Å². The molecule has 0 amide bonds. The fourth-order valence-corrected chi connectivity index (χ4v) is 2.89. The maximum absolute atomic E-state index is 4.49. The van der Waals surface area contributed by atoms with Crippen molar-refractivity contribution >= 4 is 5.96 Å². The van der Waals surface area contributed by atoms with Crippen molar-refractivity contribution in [1.29, 1.82) is 0 Å². The number of aliphatic imine (C=N–C) groups is 1. The lowest BCUT2D eigenvalue weighted by Crippen LogP contribution is -2.39. The monoisotopic (exact) mass is 353 g/mol. The summed E-state index contributed by atoms with van der Waals surface area (Å²) in [5.41, 5.74) is 1.27. The SMILES string of the molecule is C=CCCCCCN(C)C(=NC)NCc1nccn1Cc1ccccc1. The number of aromatic nitrogens is 2. The summed E-state index contributed by atoms with van der Waals surface area (Å²) in [5, 5.41) is 3.43. The van der Waals surface area contributed by atoms with Crippen LogP contribution in [0.25, 0.3) is 0 Å². The molecule has 0 aliphatic carbocycles. The molecule has 26 heavy (non-hydrogen) atoms. The van der Waals surface area contributed by atoms with Crippen LogP contribution >= 0.6 is 0 Å². The van der Waals surface area contributed by atoms with E-state index in [9.17, 15) is 0 Å². The van der Waals surface area contributed by atoms with Crippen LogP contribution in [0.2, 0.25) is 0 Å². The third kappa shape index (κ3) is 6.39. The highest BCUT2D eigenvalue weighted by molar-refractivity contribution is 5.79. The van der Waals surface area contributed by atoms with E-state index < -0.39 is 0 Å². The van der Waals surface area contributed by atoms with Gasteiger partial charge in [-0.2, -0.15) is 0 Å². The van der Waals surface area contributed by atoms with Crippen molar-refractivity contribution in [1.82, 2.24) is 19.8 Å². The number of imidazole rings is 1. The van der Waals surface area contributed by atoms with E-state index in [0.717, 1.165) is 37.7 Å². The van der Waals surface area contributed by atoms with E-state index in [2.05, 4.69) is 62.7 Å². The molecule has 1 aromatic heterocycles. The van der Waals surface area contributed by atoms with Gasteiger partial charge >= 0.3 is 0 Å². The van der Waals surface area contributed by atoms with Gasteiger partial charge in [-0.15, -0.1) is 6.58 Å². The van der Waals surface area contributed by atoms with Crippen LogP contribution in [0.4, 0.5) is 0 Å². The molecule has 0 aliphatic rings. The molecule has 0 saturated heterocycles. The second-order valence-corrected chi connectivity index (χ2v) is 6.42. The van der Waals surface area contributed by atoms with E-state index in [1.54, 1.807) is 0 Å². The molecule has 0 unspecified atom stereocenters. The first-order valence-electron chi connectivity index (χ1n) is 9.31. The number of nitrogens with one attached hydrogen (secondary N) is 1. The molecule has 5 heteroatoms. The Morgan fingerprint density at radius 1 is 1.27 bits per heavy atom. The first-order valence-corrected chi connectivity index (χ1v) is 9.31. The van der Waals surface area contributed by atoms with Crippen molar-refractivity contribution in [3.63, 3.8) is 0 Å². The molecule has 140 valence electrons. The highest BCUT2D eigenvalue weighted by atomic mass is 15.3. The van der Waals surface area contributed by atoms with Gasteiger partial charge < -0.3 is 14.8 Å². The number of unbranched alkanes of at least 4 members (excludes halogenated alkanes) is 3. The van der Waals surface area contributed by atoms with Crippen molar-refractivity contribution < 1.29 is 0 Å². The van der Waals surface area contributed by atoms with Crippen LogP contribution in [0.3, 0.4) is 0 Å². The number of hydrogen-bond donors (Lipinski definition) is 1. The van der Waals surface area contributed by atoms with Crippen LogP contribution in [-0.2, 0) is 13.1 Å². The van der Waals surface area contributed by atoms with Gasteiger partial charge in [-0.1, -0.05) is 42.8 Å². The summed E-state index contributed by atoms with van der Waals surface area (Å²) in [4.78, 5) is 11.1. The lowest BCUT2D eigenvalue weighted by atomic mass is 10.2. The highest BCUT2D eigenvalue weighted by Gasteiger charge is 2.08. The second-order valence-electron chi connectivity index (χ2n) is 6.42. The molecule has 0 atom stereocenters. The van der Waals surface area contributed by atoms with Crippen molar-refractivity contribution in [2.45, 2.75) is 38.8 Å². The molecule has 0 fully saturated rings. The van der Waals surface area contributed by atoms with Crippen molar-refractivity contribution in [3.05, 3.63) is 66.8 Å². The topological polar surface area (TPSA) is 45.4 Å². The Kier molecular flexibility index (Phi) is 8.46. The lowest BCUT2D eigenvalue weighted by molar-refractivity contribution is 0.453. The van der Waals surface area contributed by atoms with Crippen molar-refractivity contribution in [2.75, 3.05) is 20.6 Å². The third-order valence-electron chi connectivity index (χ3n) is 4.38. The fraction of sp³-hybridized carbons (Fsp3) is 0.429. The van der Waals surface area contributed by atoms with Crippen LogP contribution < -0.4 is 5.32 Å². The standard InChI is InChI=1S/C21H31N5/c1-4-5-6-7-11-15-25(3)21(22-2)24-17-20-23-14-16-26(20)18-19-12-9-8-10-13-19/h4,8-10,12-14,16H,1,5-7,11,15,17-18H2,2-3H3,(H,22,24). The summed E-state index contributed by atoms with van der Waals surface area (Å²) in [6.45, 7) is 6.25. The van der Waals surface area contributed by atoms with Gasteiger partial charge in [-0.25, -0.2) is 4.98 Å². The molecule has 0 spiro atoms. The van der Waals surface area contributed by atoms with E-state index in [-0.39, 0.29) is 0 Å². The van der Waals surface area contributed by atoms with Crippen LogP contribution in [0.15, 0.2) is 60.4 Å². The molecule has 1 heterocycles. The Labute approximate surface area is 157 Å². The number of guanidine groups is 1. The maximum atomic E-state index is 4.49. The largest absolute Gasteiger partial charge is 0.349 e. The molecular formula is C21H31N5. The van der Waals surface area contributed by atoms with E-state index >= 15 is 0 Å². The van der Waals surface area contributed by atoms with Crippen LogP contribution in [-0.4, -0.2) is 41.1 Å². The Morgan fingerprint density at radius 2 is 2.08 bits per heavy atom. The second kappa shape index (κ2) is 11.1.